The fourth-order valence-electron chi connectivity index (χ4n) is 6.10. The van der Waals surface area contributed by atoms with E-state index in [-0.39, 0.29) is 17.1 Å². The molecule has 1 aliphatic carbocycles. The number of hydrogen-bond acceptors (Lipinski definition) is 6. The lowest BCUT2D eigenvalue weighted by Gasteiger charge is -2.41. The van der Waals surface area contributed by atoms with Gasteiger partial charge in [0.2, 0.25) is 0 Å². The Bertz CT molecular complexity index is 1730. The Morgan fingerprint density at radius 1 is 1.19 bits per heavy atom. The number of nitrogens with zero attached hydrogens (tertiary/aromatic N) is 4. The molecule has 2 aromatic carbocycles. The largest absolute Gasteiger partial charge is 0.478 e. The Labute approximate surface area is 253 Å². The van der Waals surface area contributed by atoms with Gasteiger partial charge in [0.25, 0.3) is 5.79 Å². The zero-order valence-electron chi connectivity index (χ0n) is 23.8. The standard InChI is InChI=1S/C33H32ClFN4O4/c1-32(28-9-7-23(34)17-36-28)42-27-5-3-2-4-24(27)30(43-32)21-10-14-38(15-11-21)18-29-37-25-8-6-22(31(40)41)16-26(25)39(29)20-33(19-35)12-13-33/h2-10,16-17,30H,11-15,18-20H2,1H3,(H,40,41)/t30-,32+/m0/s1. The number of ether oxygens (including phenoxy) is 2. The zero-order valence-corrected chi connectivity index (χ0v) is 24.6. The molecule has 1 saturated carbocycles. The fourth-order valence-corrected chi connectivity index (χ4v) is 6.21. The number of aromatic nitrogens is 3. The first-order valence-corrected chi connectivity index (χ1v) is 14.9. The van der Waals surface area contributed by atoms with Crippen LogP contribution >= 0.6 is 11.6 Å². The van der Waals surface area contributed by atoms with E-state index in [1.807, 2.05) is 41.8 Å². The lowest BCUT2D eigenvalue weighted by Crippen LogP contribution is -2.40. The molecule has 4 heterocycles. The SMILES string of the molecule is C[C@@]1(c2ccc(Cl)cn2)Oc2ccccc2[C@H](C2=CCN(Cc3nc4ccc(C(=O)O)cc4n3CC3(CF)CC3)CC2)O1. The van der Waals surface area contributed by atoms with Crippen molar-refractivity contribution in [2.75, 3.05) is 19.8 Å². The van der Waals surface area contributed by atoms with E-state index in [4.69, 9.17) is 26.1 Å². The minimum Gasteiger partial charge on any atom is -0.478 e. The van der Waals surface area contributed by atoms with Crippen molar-refractivity contribution in [1.29, 1.82) is 0 Å². The van der Waals surface area contributed by atoms with Crippen molar-refractivity contribution in [2.24, 2.45) is 5.41 Å². The van der Waals surface area contributed by atoms with Crippen LogP contribution in [0.1, 0.15) is 59.7 Å². The highest BCUT2D eigenvalue weighted by Gasteiger charge is 2.44. The maximum Gasteiger partial charge on any atom is 0.335 e. The van der Waals surface area contributed by atoms with Crippen LogP contribution in [0.2, 0.25) is 5.02 Å². The van der Waals surface area contributed by atoms with Crippen molar-refractivity contribution in [2.45, 2.75) is 51.2 Å². The van der Waals surface area contributed by atoms with Gasteiger partial charge in [-0.1, -0.05) is 35.9 Å². The number of halogens is 2. The molecule has 8 nitrogen and oxygen atoms in total. The van der Waals surface area contributed by atoms with E-state index in [1.165, 1.54) is 5.57 Å². The molecule has 2 atom stereocenters. The second-order valence-corrected chi connectivity index (χ2v) is 12.4. The van der Waals surface area contributed by atoms with E-state index in [1.54, 1.807) is 30.5 Å². The van der Waals surface area contributed by atoms with Crippen molar-refractivity contribution >= 4 is 28.6 Å². The molecular formula is C33H32ClFN4O4. The number of carbonyl (C=O) groups is 1. The van der Waals surface area contributed by atoms with Gasteiger partial charge < -0.3 is 19.1 Å². The summed E-state index contributed by atoms with van der Waals surface area (Å²) in [6.07, 6.45) is 5.94. The second-order valence-electron chi connectivity index (χ2n) is 12.0. The smallest absolute Gasteiger partial charge is 0.335 e. The van der Waals surface area contributed by atoms with Crippen LogP contribution in [0, 0.1) is 5.41 Å². The fraction of sp³-hybridized carbons (Fsp3) is 0.364. The Balaban J connectivity index is 1.15. The highest BCUT2D eigenvalue weighted by Crippen LogP contribution is 2.49. The lowest BCUT2D eigenvalue weighted by molar-refractivity contribution is -0.221. The number of carboxylic acid groups (broad SMARTS) is 1. The first kappa shape index (κ1) is 28.0. The molecule has 1 N–H and O–H groups in total. The second kappa shape index (κ2) is 10.7. The molecule has 1 fully saturated rings. The third-order valence-corrected chi connectivity index (χ3v) is 9.10. The molecule has 2 aliphatic heterocycles. The van der Waals surface area contributed by atoms with Crippen molar-refractivity contribution < 1.29 is 23.8 Å². The minimum absolute atomic E-state index is 0.202. The summed E-state index contributed by atoms with van der Waals surface area (Å²) in [5, 5.41) is 10.1. The van der Waals surface area contributed by atoms with Gasteiger partial charge in [0.15, 0.2) is 0 Å². The van der Waals surface area contributed by atoms with E-state index in [0.717, 1.165) is 54.0 Å². The molecule has 222 valence electrons. The minimum atomic E-state index is -1.09. The number of rotatable bonds is 8. The molecule has 0 spiro atoms. The van der Waals surface area contributed by atoms with E-state index < -0.39 is 18.4 Å². The highest BCUT2D eigenvalue weighted by molar-refractivity contribution is 6.30. The maximum atomic E-state index is 14.0. The van der Waals surface area contributed by atoms with Crippen LogP contribution in [-0.2, 0) is 23.6 Å². The van der Waals surface area contributed by atoms with Crippen molar-refractivity contribution in [3.63, 3.8) is 0 Å². The number of aromatic carboxylic acids is 1. The Morgan fingerprint density at radius 2 is 2.02 bits per heavy atom. The van der Waals surface area contributed by atoms with Crippen LogP contribution in [0.3, 0.4) is 0 Å². The summed E-state index contributed by atoms with van der Waals surface area (Å²) in [7, 11) is 0. The van der Waals surface area contributed by atoms with E-state index in [2.05, 4.69) is 16.0 Å². The topological polar surface area (TPSA) is 89.7 Å². The third-order valence-electron chi connectivity index (χ3n) is 8.88. The van der Waals surface area contributed by atoms with Crippen LogP contribution in [0.25, 0.3) is 11.0 Å². The molecule has 43 heavy (non-hydrogen) atoms. The average molecular weight is 603 g/mol. The van der Waals surface area contributed by atoms with Crippen LogP contribution in [0.5, 0.6) is 5.75 Å². The first-order valence-electron chi connectivity index (χ1n) is 14.5. The van der Waals surface area contributed by atoms with Crippen LogP contribution in [0.15, 0.2) is 72.4 Å². The van der Waals surface area contributed by atoms with Crippen molar-refractivity contribution in [3.8, 4) is 5.75 Å². The van der Waals surface area contributed by atoms with Crippen LogP contribution < -0.4 is 4.74 Å². The predicted octanol–water partition coefficient (Wildman–Crippen LogP) is 6.69. The van der Waals surface area contributed by atoms with Gasteiger partial charge in [-0.05, 0) is 61.2 Å². The summed E-state index contributed by atoms with van der Waals surface area (Å²) in [5.74, 6) is -0.492. The Morgan fingerprint density at radius 3 is 2.72 bits per heavy atom. The summed E-state index contributed by atoms with van der Waals surface area (Å²) in [6.45, 7) is 4.02. The molecule has 10 heteroatoms. The number of benzene rings is 2. The molecule has 4 aromatic rings. The van der Waals surface area contributed by atoms with Gasteiger partial charge in [-0.2, -0.15) is 0 Å². The molecule has 2 aromatic heterocycles. The number of pyridine rings is 1. The summed E-state index contributed by atoms with van der Waals surface area (Å²) in [5.41, 5.74) is 4.08. The van der Waals surface area contributed by atoms with E-state index >= 15 is 0 Å². The molecule has 0 saturated heterocycles. The van der Waals surface area contributed by atoms with Gasteiger partial charge in [0.1, 0.15) is 23.4 Å². The van der Waals surface area contributed by atoms with Crippen LogP contribution in [0.4, 0.5) is 4.39 Å². The first-order chi connectivity index (χ1) is 20.8. The number of hydrogen-bond donors (Lipinski definition) is 1. The molecular weight excluding hydrogens is 571 g/mol. The van der Waals surface area contributed by atoms with Crippen molar-refractivity contribution in [3.05, 3.63) is 100 Å². The van der Waals surface area contributed by atoms with Gasteiger partial charge in [-0.3, -0.25) is 14.3 Å². The van der Waals surface area contributed by atoms with Gasteiger partial charge >= 0.3 is 5.97 Å². The summed E-state index contributed by atoms with van der Waals surface area (Å²) in [4.78, 5) is 23.3. The average Bonchev–Trinajstić information content (AvgIpc) is 3.72. The van der Waals surface area contributed by atoms with E-state index in [0.29, 0.717) is 30.4 Å². The molecule has 3 aliphatic rings. The number of fused-ring (bicyclic) bond motifs is 2. The summed E-state index contributed by atoms with van der Waals surface area (Å²) >= 11 is 6.09. The predicted molar refractivity (Wildman–Crippen MR) is 160 cm³/mol. The number of carboxylic acids is 1. The van der Waals surface area contributed by atoms with Crippen molar-refractivity contribution in [1.82, 2.24) is 19.4 Å². The number of alkyl halides is 1. The molecule has 0 amide bonds. The highest BCUT2D eigenvalue weighted by atomic mass is 35.5. The molecule has 0 radical (unpaired) electrons. The zero-order chi connectivity index (χ0) is 29.8. The third kappa shape index (κ3) is 5.30. The Kier molecular flexibility index (Phi) is 6.99. The van der Waals surface area contributed by atoms with Gasteiger partial charge in [0, 0.05) is 43.7 Å². The normalized spacial score (nSPS) is 23.0. The summed E-state index contributed by atoms with van der Waals surface area (Å²) < 4.78 is 29.0. The van der Waals surface area contributed by atoms with Crippen LogP contribution in [-0.4, -0.2) is 50.3 Å². The summed E-state index contributed by atoms with van der Waals surface area (Å²) in [6, 6.07) is 16.5. The Hall–Kier alpha value is -3.79. The number of imidazole rings is 1. The van der Waals surface area contributed by atoms with Gasteiger partial charge in [-0.25, -0.2) is 9.78 Å². The molecule has 0 bridgehead atoms. The number of para-hydroxylation sites is 1. The van der Waals surface area contributed by atoms with Gasteiger partial charge in [0.05, 0.1) is 34.8 Å². The van der Waals surface area contributed by atoms with Gasteiger partial charge in [-0.15, -0.1) is 0 Å². The van der Waals surface area contributed by atoms with E-state index in [9.17, 15) is 14.3 Å². The monoisotopic (exact) mass is 602 g/mol. The molecule has 0 unspecified atom stereocenters. The maximum absolute atomic E-state index is 14.0. The lowest BCUT2D eigenvalue weighted by atomic mass is 9.93. The quantitative estimate of drug-likeness (QED) is 0.225. The molecule has 7 rings (SSSR count).